The third-order valence-corrected chi connectivity index (χ3v) is 4.78. The first-order chi connectivity index (χ1) is 9.53. The van der Waals surface area contributed by atoms with Crippen LogP contribution in [0.1, 0.15) is 11.1 Å². The van der Waals surface area contributed by atoms with E-state index in [4.69, 9.17) is 5.73 Å². The minimum Gasteiger partial charge on any atom is -0.326 e. The molecule has 1 aromatic carbocycles. The second-order valence-electron chi connectivity index (χ2n) is 4.46. The summed E-state index contributed by atoms with van der Waals surface area (Å²) >= 11 is 0. The van der Waals surface area contributed by atoms with E-state index in [1.807, 2.05) is 12.1 Å². The number of anilines is 1. The highest BCUT2D eigenvalue weighted by Crippen LogP contribution is 2.17. The van der Waals surface area contributed by atoms with E-state index in [0.29, 0.717) is 12.2 Å². The maximum atomic E-state index is 12.3. The van der Waals surface area contributed by atoms with E-state index in [-0.39, 0.29) is 5.75 Å². The van der Waals surface area contributed by atoms with Crippen molar-refractivity contribution in [3.05, 3.63) is 59.9 Å². The number of hydrogen-bond acceptors (Lipinski definition) is 4. The monoisotopic (exact) mass is 291 g/mol. The summed E-state index contributed by atoms with van der Waals surface area (Å²) in [6.07, 6.45) is 3.13. The molecule has 0 saturated carbocycles. The van der Waals surface area contributed by atoms with E-state index in [1.165, 1.54) is 17.5 Å². The van der Waals surface area contributed by atoms with Gasteiger partial charge in [-0.1, -0.05) is 24.3 Å². The lowest BCUT2D eigenvalue weighted by Gasteiger charge is -2.19. The number of sulfonamides is 1. The van der Waals surface area contributed by atoms with Crippen molar-refractivity contribution in [1.29, 1.82) is 0 Å². The van der Waals surface area contributed by atoms with Crippen LogP contribution in [0.15, 0.2) is 48.8 Å². The van der Waals surface area contributed by atoms with Crippen LogP contribution in [0, 0.1) is 0 Å². The summed E-state index contributed by atoms with van der Waals surface area (Å²) in [5.74, 6) is -0.0523. The van der Waals surface area contributed by atoms with Crippen molar-refractivity contribution < 1.29 is 8.42 Å². The topological polar surface area (TPSA) is 76.3 Å². The van der Waals surface area contributed by atoms with E-state index in [2.05, 4.69) is 4.98 Å². The molecule has 0 aliphatic heterocycles. The normalized spacial score (nSPS) is 11.3. The van der Waals surface area contributed by atoms with Gasteiger partial charge in [0.25, 0.3) is 0 Å². The molecule has 0 saturated heterocycles. The van der Waals surface area contributed by atoms with Crippen LogP contribution >= 0.6 is 0 Å². The average Bonchev–Trinajstić information content (AvgIpc) is 2.48. The fourth-order valence-electron chi connectivity index (χ4n) is 1.78. The molecule has 0 radical (unpaired) electrons. The van der Waals surface area contributed by atoms with Crippen molar-refractivity contribution in [3.8, 4) is 0 Å². The van der Waals surface area contributed by atoms with Crippen LogP contribution < -0.4 is 10.0 Å². The molecule has 0 atom stereocenters. The van der Waals surface area contributed by atoms with Gasteiger partial charge in [0.2, 0.25) is 10.0 Å². The molecule has 0 fully saturated rings. The first-order valence-corrected chi connectivity index (χ1v) is 7.78. The zero-order chi connectivity index (χ0) is 14.6. The number of benzene rings is 1. The maximum absolute atomic E-state index is 12.3. The van der Waals surface area contributed by atoms with E-state index in [1.54, 1.807) is 30.5 Å². The zero-order valence-electron chi connectivity index (χ0n) is 11.2. The second kappa shape index (κ2) is 6.02. The van der Waals surface area contributed by atoms with Gasteiger partial charge >= 0.3 is 0 Å². The molecule has 20 heavy (non-hydrogen) atoms. The van der Waals surface area contributed by atoms with E-state index in [0.717, 1.165) is 11.1 Å². The van der Waals surface area contributed by atoms with Gasteiger partial charge < -0.3 is 5.73 Å². The molecule has 1 heterocycles. The molecule has 106 valence electrons. The second-order valence-corrected chi connectivity index (χ2v) is 6.46. The van der Waals surface area contributed by atoms with Crippen LogP contribution in [0.25, 0.3) is 0 Å². The van der Waals surface area contributed by atoms with E-state index < -0.39 is 10.0 Å². The van der Waals surface area contributed by atoms with Gasteiger partial charge in [0.15, 0.2) is 0 Å². The van der Waals surface area contributed by atoms with Crippen molar-refractivity contribution >= 4 is 15.7 Å². The molecule has 6 heteroatoms. The van der Waals surface area contributed by atoms with Gasteiger partial charge in [-0.2, -0.15) is 0 Å². The van der Waals surface area contributed by atoms with Crippen LogP contribution in [0.2, 0.25) is 0 Å². The Bertz CT molecular complexity index is 655. The molecule has 5 nitrogen and oxygen atoms in total. The predicted octanol–water partition coefficient (Wildman–Crippen LogP) is 1.51. The van der Waals surface area contributed by atoms with Gasteiger partial charge in [-0.15, -0.1) is 0 Å². The lowest BCUT2D eigenvalue weighted by Crippen LogP contribution is -2.27. The van der Waals surface area contributed by atoms with Gasteiger partial charge in [-0.25, -0.2) is 8.42 Å². The van der Waals surface area contributed by atoms with Crippen molar-refractivity contribution in [2.24, 2.45) is 5.73 Å². The number of rotatable bonds is 5. The molecule has 0 unspecified atom stereocenters. The smallest absolute Gasteiger partial charge is 0.239 e. The van der Waals surface area contributed by atoms with E-state index in [9.17, 15) is 8.42 Å². The first kappa shape index (κ1) is 14.5. The summed E-state index contributed by atoms with van der Waals surface area (Å²) < 4.78 is 25.9. The minimum atomic E-state index is -3.42. The summed E-state index contributed by atoms with van der Waals surface area (Å²) in [5.41, 5.74) is 7.78. The number of nitrogens with two attached hydrogens (primary N) is 1. The van der Waals surface area contributed by atoms with Crippen molar-refractivity contribution in [1.82, 2.24) is 4.98 Å². The molecule has 0 bridgehead atoms. The van der Waals surface area contributed by atoms with E-state index >= 15 is 0 Å². The Morgan fingerprint density at radius 1 is 1.15 bits per heavy atom. The predicted molar refractivity (Wildman–Crippen MR) is 79.6 cm³/mol. The highest BCUT2D eigenvalue weighted by Gasteiger charge is 2.19. The number of hydrogen-bond donors (Lipinski definition) is 1. The molecule has 0 spiro atoms. The summed E-state index contributed by atoms with van der Waals surface area (Å²) in [5, 5.41) is 0. The molecule has 0 amide bonds. The Morgan fingerprint density at radius 3 is 2.35 bits per heavy atom. The summed E-state index contributed by atoms with van der Waals surface area (Å²) in [4.78, 5) is 3.93. The molecule has 2 rings (SSSR count). The van der Waals surface area contributed by atoms with Gasteiger partial charge in [-0.05, 0) is 23.3 Å². The zero-order valence-corrected chi connectivity index (χ0v) is 12.0. The van der Waals surface area contributed by atoms with Gasteiger partial charge in [0.1, 0.15) is 0 Å². The molecule has 0 aliphatic rings. The Labute approximate surface area is 119 Å². The van der Waals surface area contributed by atoms with Crippen molar-refractivity contribution in [3.63, 3.8) is 0 Å². The Kier molecular flexibility index (Phi) is 4.36. The fraction of sp³-hybridized carbons (Fsp3) is 0.214. The van der Waals surface area contributed by atoms with Gasteiger partial charge in [0.05, 0.1) is 17.6 Å². The van der Waals surface area contributed by atoms with Crippen molar-refractivity contribution in [2.75, 3.05) is 11.4 Å². The molecule has 2 N–H and O–H groups in total. The standard InChI is InChI=1S/C14H17N3O2S/c1-17(14-3-2-8-16-10-14)20(18,19)11-13-6-4-12(9-15)5-7-13/h2-8,10H,9,11,15H2,1H3. The highest BCUT2D eigenvalue weighted by atomic mass is 32.2. The van der Waals surface area contributed by atoms with Gasteiger partial charge in [0, 0.05) is 19.8 Å². The Balaban J connectivity index is 2.18. The van der Waals surface area contributed by atoms with Crippen LogP contribution in [0.5, 0.6) is 0 Å². The third-order valence-electron chi connectivity index (χ3n) is 3.03. The first-order valence-electron chi connectivity index (χ1n) is 6.17. The van der Waals surface area contributed by atoms with Crippen LogP contribution in [-0.4, -0.2) is 20.4 Å². The molecule has 2 aromatic rings. The van der Waals surface area contributed by atoms with Crippen LogP contribution in [-0.2, 0) is 22.3 Å². The number of aromatic nitrogens is 1. The summed E-state index contributed by atoms with van der Waals surface area (Å²) in [6, 6.07) is 10.7. The minimum absolute atomic E-state index is 0.0523. The Morgan fingerprint density at radius 2 is 1.80 bits per heavy atom. The molecular weight excluding hydrogens is 274 g/mol. The lowest BCUT2D eigenvalue weighted by molar-refractivity contribution is 0.593. The quantitative estimate of drug-likeness (QED) is 0.906. The molecular formula is C14H17N3O2S. The number of pyridine rings is 1. The largest absolute Gasteiger partial charge is 0.326 e. The fourth-order valence-corrected chi connectivity index (χ4v) is 3.02. The third kappa shape index (κ3) is 3.34. The molecule has 1 aromatic heterocycles. The average molecular weight is 291 g/mol. The number of nitrogens with zero attached hydrogens (tertiary/aromatic N) is 2. The van der Waals surface area contributed by atoms with Crippen molar-refractivity contribution in [2.45, 2.75) is 12.3 Å². The SMILES string of the molecule is CN(c1cccnc1)S(=O)(=O)Cc1ccc(CN)cc1. The Hall–Kier alpha value is -1.92. The van der Waals surface area contributed by atoms with Crippen LogP contribution in [0.3, 0.4) is 0 Å². The summed E-state index contributed by atoms with van der Waals surface area (Å²) in [7, 11) is -1.90. The highest BCUT2D eigenvalue weighted by molar-refractivity contribution is 7.92. The summed E-state index contributed by atoms with van der Waals surface area (Å²) in [6.45, 7) is 0.447. The lowest BCUT2D eigenvalue weighted by atomic mass is 10.1. The maximum Gasteiger partial charge on any atom is 0.239 e. The van der Waals surface area contributed by atoms with Gasteiger partial charge in [-0.3, -0.25) is 9.29 Å². The molecule has 0 aliphatic carbocycles. The van der Waals surface area contributed by atoms with Crippen LogP contribution in [0.4, 0.5) is 5.69 Å².